The second-order valence-electron chi connectivity index (χ2n) is 6.21. The Bertz CT molecular complexity index is 1080. The maximum absolute atomic E-state index is 6.18. The van der Waals surface area contributed by atoms with E-state index in [4.69, 9.17) is 9.40 Å². The molecule has 4 nitrogen and oxygen atoms in total. The fraction of sp³-hybridized carbons (Fsp3) is 0.182. The largest absolute Gasteiger partial charge is 0.452 e. The molecule has 0 radical (unpaired) electrons. The molecule has 4 rings (SSSR count). The molecule has 4 heteroatoms. The van der Waals surface area contributed by atoms with Gasteiger partial charge >= 0.3 is 0 Å². The van der Waals surface area contributed by atoms with Crippen LogP contribution in [-0.4, -0.2) is 18.1 Å². The van der Waals surface area contributed by atoms with Crippen LogP contribution in [-0.2, 0) is 0 Å². The van der Waals surface area contributed by atoms with E-state index >= 15 is 0 Å². The monoisotopic (exact) mass is 344 g/mol. The maximum Gasteiger partial charge on any atom is 0.203 e. The van der Waals surface area contributed by atoms with Gasteiger partial charge in [-0.1, -0.05) is 18.2 Å². The van der Waals surface area contributed by atoms with Gasteiger partial charge < -0.3 is 9.73 Å². The average Bonchev–Trinajstić information content (AvgIpc) is 2.68. The summed E-state index contributed by atoms with van der Waals surface area (Å²) in [7, 11) is 0. The Kier molecular flexibility index (Phi) is 4.40. The molecule has 2 aromatic rings. The molecule has 1 N–H and O–H groups in total. The quantitative estimate of drug-likeness (QED) is 0.438. The zero-order chi connectivity index (χ0) is 17.9. The summed E-state index contributed by atoms with van der Waals surface area (Å²) in [5.74, 6) is 0.804. The highest BCUT2D eigenvalue weighted by Gasteiger charge is 2.12. The van der Waals surface area contributed by atoms with Crippen LogP contribution in [0, 0.1) is 0 Å². The number of anilines is 2. The molecule has 1 aliphatic heterocycles. The molecule has 0 saturated heterocycles. The van der Waals surface area contributed by atoms with Gasteiger partial charge in [0.2, 0.25) is 5.36 Å². The van der Waals surface area contributed by atoms with Gasteiger partial charge in [0.15, 0.2) is 11.3 Å². The number of para-hydroxylation sites is 1. The summed E-state index contributed by atoms with van der Waals surface area (Å²) in [4.78, 5) is 4.74. The summed E-state index contributed by atoms with van der Waals surface area (Å²) in [5.41, 5.74) is 4.52. The lowest BCUT2D eigenvalue weighted by atomic mass is 10.2. The predicted molar refractivity (Wildman–Crippen MR) is 107 cm³/mol. The van der Waals surface area contributed by atoms with Crippen molar-refractivity contribution in [1.82, 2.24) is 9.56 Å². The predicted octanol–water partition coefficient (Wildman–Crippen LogP) is 4.49. The number of aromatic nitrogens is 1. The summed E-state index contributed by atoms with van der Waals surface area (Å²) in [6, 6.07) is 22.3. The summed E-state index contributed by atoms with van der Waals surface area (Å²) >= 11 is 0. The van der Waals surface area contributed by atoms with Crippen molar-refractivity contribution >= 4 is 22.5 Å². The first-order chi connectivity index (χ1) is 12.8. The van der Waals surface area contributed by atoms with Gasteiger partial charge in [-0.25, -0.2) is 9.56 Å². The molecular formula is C22H22N3O+. The van der Waals surface area contributed by atoms with Crippen LogP contribution in [0.5, 0.6) is 0 Å². The van der Waals surface area contributed by atoms with Crippen LogP contribution >= 0.6 is 0 Å². The number of hydrogen-bond donors (Lipinski definition) is 1. The topological polar surface area (TPSA) is 41.1 Å². The van der Waals surface area contributed by atoms with Crippen molar-refractivity contribution < 1.29 is 4.42 Å². The minimum Gasteiger partial charge on any atom is -0.452 e. The van der Waals surface area contributed by atoms with E-state index in [1.807, 2.05) is 54.6 Å². The molecule has 0 amide bonds. The van der Waals surface area contributed by atoms with Crippen LogP contribution in [0.25, 0.3) is 22.6 Å². The molecule has 1 heterocycles. The number of hydrogen-bond acceptors (Lipinski definition) is 3. The molecular weight excluding hydrogens is 322 g/mol. The van der Waals surface area contributed by atoms with Crippen molar-refractivity contribution in [2.45, 2.75) is 13.8 Å². The first-order valence-corrected chi connectivity index (χ1v) is 9.01. The highest BCUT2D eigenvalue weighted by Crippen LogP contribution is 2.26. The third-order valence-electron chi connectivity index (χ3n) is 4.56. The Balaban J connectivity index is 1.81. The van der Waals surface area contributed by atoms with Crippen molar-refractivity contribution in [2.24, 2.45) is 0 Å². The van der Waals surface area contributed by atoms with Gasteiger partial charge in [-0.2, -0.15) is 0 Å². The Hall–Kier alpha value is -3.14. The summed E-state index contributed by atoms with van der Waals surface area (Å²) < 4.78 is 8.47. The van der Waals surface area contributed by atoms with Gasteiger partial charge in [-0.3, -0.25) is 0 Å². The van der Waals surface area contributed by atoms with Gasteiger partial charge in [-0.15, -0.1) is 0 Å². The standard InChI is InChI=1S/C22H21N3O/c1-3-25(4-2)18-11-13-20-22(15-18)26-21-14-17(10-12-19(21)24-20)23-16-8-6-5-7-9-16/h5-15H,3-4H2,1-2H3/p+1. The highest BCUT2D eigenvalue weighted by molar-refractivity contribution is 5.81. The van der Waals surface area contributed by atoms with Crippen LogP contribution in [0.2, 0.25) is 0 Å². The van der Waals surface area contributed by atoms with Crippen molar-refractivity contribution in [3.63, 3.8) is 0 Å². The summed E-state index contributed by atoms with van der Waals surface area (Å²) in [6.45, 7) is 6.25. The number of rotatable bonds is 4. The van der Waals surface area contributed by atoms with E-state index in [-0.39, 0.29) is 0 Å². The Morgan fingerprint density at radius 2 is 1.69 bits per heavy atom. The third kappa shape index (κ3) is 3.18. The molecule has 0 saturated carbocycles. The highest BCUT2D eigenvalue weighted by atomic mass is 16.3. The van der Waals surface area contributed by atoms with Gasteiger partial charge in [-0.05, 0) is 44.2 Å². The lowest BCUT2D eigenvalue weighted by Crippen LogP contribution is -2.29. The van der Waals surface area contributed by atoms with E-state index in [1.165, 1.54) is 0 Å². The van der Waals surface area contributed by atoms with Crippen molar-refractivity contribution in [2.75, 3.05) is 18.4 Å². The van der Waals surface area contributed by atoms with E-state index in [0.29, 0.717) is 0 Å². The minimum absolute atomic E-state index is 0.773. The van der Waals surface area contributed by atoms with Crippen LogP contribution in [0.3, 0.4) is 0 Å². The molecule has 0 bridgehead atoms. The van der Waals surface area contributed by atoms with Crippen LogP contribution in [0.4, 0.5) is 11.4 Å². The van der Waals surface area contributed by atoms with E-state index in [1.54, 1.807) is 0 Å². The lowest BCUT2D eigenvalue weighted by molar-refractivity contribution is 0.600. The smallest absolute Gasteiger partial charge is 0.203 e. The van der Waals surface area contributed by atoms with E-state index in [0.717, 1.165) is 52.4 Å². The Morgan fingerprint density at radius 1 is 0.885 bits per heavy atom. The number of fused-ring (bicyclic) bond motifs is 2. The molecule has 0 spiro atoms. The first-order valence-electron chi connectivity index (χ1n) is 9.01. The molecule has 0 unspecified atom stereocenters. The van der Waals surface area contributed by atoms with Crippen LogP contribution in [0.15, 0.2) is 71.1 Å². The van der Waals surface area contributed by atoms with E-state index < -0.39 is 0 Å². The zero-order valence-electron chi connectivity index (χ0n) is 15.1. The number of nitrogens with one attached hydrogen (secondary N) is 1. The lowest BCUT2D eigenvalue weighted by Gasteiger charge is -2.09. The number of benzene rings is 3. The second kappa shape index (κ2) is 7.00. The fourth-order valence-corrected chi connectivity index (χ4v) is 3.16. The van der Waals surface area contributed by atoms with E-state index in [9.17, 15) is 0 Å². The summed E-state index contributed by atoms with van der Waals surface area (Å²) in [6.07, 6.45) is 0. The second-order valence-corrected chi connectivity index (χ2v) is 6.21. The molecule has 2 aliphatic rings. The molecule has 0 atom stereocenters. The minimum atomic E-state index is 0.773. The molecule has 130 valence electrons. The molecule has 1 aliphatic carbocycles. The third-order valence-corrected chi connectivity index (χ3v) is 4.56. The van der Waals surface area contributed by atoms with Crippen LogP contribution < -0.4 is 15.2 Å². The summed E-state index contributed by atoms with van der Waals surface area (Å²) in [5, 5.41) is 4.55. The van der Waals surface area contributed by atoms with Crippen molar-refractivity contribution in [1.29, 1.82) is 0 Å². The van der Waals surface area contributed by atoms with Crippen LogP contribution in [0.1, 0.15) is 13.8 Å². The molecule has 2 aromatic carbocycles. The van der Waals surface area contributed by atoms with Gasteiger partial charge in [0, 0.05) is 23.5 Å². The van der Waals surface area contributed by atoms with E-state index in [2.05, 4.69) is 35.9 Å². The Morgan fingerprint density at radius 3 is 2.46 bits per heavy atom. The fourth-order valence-electron chi connectivity index (χ4n) is 3.16. The van der Waals surface area contributed by atoms with Gasteiger partial charge in [0.05, 0.1) is 6.07 Å². The maximum atomic E-state index is 6.18. The SMILES string of the molecule is CC[N+](CC)=c1ccc2nc3ccc(Nc4ccccc4)cc3oc-2c1. The van der Waals surface area contributed by atoms with Gasteiger partial charge in [0.25, 0.3) is 0 Å². The Labute approximate surface area is 152 Å². The molecule has 0 aromatic heterocycles. The average molecular weight is 344 g/mol. The van der Waals surface area contributed by atoms with Crippen molar-refractivity contribution in [3.8, 4) is 11.5 Å². The first kappa shape index (κ1) is 16.3. The number of nitrogens with zero attached hydrogens (tertiary/aromatic N) is 2. The normalized spacial score (nSPS) is 11.0. The van der Waals surface area contributed by atoms with Crippen molar-refractivity contribution in [3.05, 3.63) is 72.1 Å². The van der Waals surface area contributed by atoms with Gasteiger partial charge in [0.1, 0.15) is 24.3 Å². The molecule has 26 heavy (non-hydrogen) atoms. The molecule has 0 fully saturated rings. The zero-order valence-corrected chi connectivity index (χ0v) is 15.1.